The van der Waals surface area contributed by atoms with Gasteiger partial charge >= 0.3 is 0 Å². The minimum Gasteiger partial charge on any atom is -0.497 e. The fourth-order valence-corrected chi connectivity index (χ4v) is 4.39. The number of rotatable bonds is 10. The number of methoxy groups -OCH3 is 1. The third-order valence-electron chi connectivity index (χ3n) is 6.43. The quantitative estimate of drug-likeness (QED) is 0.328. The maximum absolute atomic E-state index is 11.0. The second-order valence-electron chi connectivity index (χ2n) is 8.99. The highest BCUT2D eigenvalue weighted by molar-refractivity contribution is 5.65. The van der Waals surface area contributed by atoms with E-state index < -0.39 is 6.10 Å². The fraction of sp³-hybridized carbons (Fsp3) is 0.276. The molecule has 1 saturated carbocycles. The molecule has 0 saturated heterocycles. The van der Waals surface area contributed by atoms with Crippen molar-refractivity contribution in [3.8, 4) is 28.6 Å². The maximum Gasteiger partial charge on any atom is 0.222 e. The maximum atomic E-state index is 11.0. The van der Waals surface area contributed by atoms with Crippen LogP contribution in [0, 0.1) is 0 Å². The highest BCUT2D eigenvalue weighted by Gasteiger charge is 2.33. The summed E-state index contributed by atoms with van der Waals surface area (Å²) in [6.45, 7) is 1.19. The molecule has 1 aliphatic rings. The Balaban J connectivity index is 1.48. The van der Waals surface area contributed by atoms with E-state index in [0.717, 1.165) is 46.7 Å². The first-order valence-corrected chi connectivity index (χ1v) is 12.0. The average molecular weight is 470 g/mol. The van der Waals surface area contributed by atoms with Gasteiger partial charge in [-0.15, -0.1) is 0 Å². The molecule has 35 heavy (non-hydrogen) atoms. The molecule has 0 bridgehead atoms. The predicted octanol–water partition coefficient (Wildman–Crippen LogP) is 5.59. The molecule has 1 heterocycles. The summed E-state index contributed by atoms with van der Waals surface area (Å²) in [4.78, 5) is 2.36. The van der Waals surface area contributed by atoms with E-state index >= 15 is 0 Å². The van der Waals surface area contributed by atoms with Gasteiger partial charge in [0.2, 0.25) is 5.88 Å². The van der Waals surface area contributed by atoms with Crippen LogP contribution in [0.3, 0.4) is 0 Å². The predicted molar refractivity (Wildman–Crippen MR) is 137 cm³/mol. The smallest absolute Gasteiger partial charge is 0.222 e. The van der Waals surface area contributed by atoms with E-state index in [9.17, 15) is 5.11 Å². The number of hydrogen-bond acceptors (Lipinski definition) is 5. The summed E-state index contributed by atoms with van der Waals surface area (Å²) in [5, 5.41) is 15.8. The van der Waals surface area contributed by atoms with Gasteiger partial charge in [-0.3, -0.25) is 4.90 Å². The minimum absolute atomic E-state index is 0.450. The van der Waals surface area contributed by atoms with Gasteiger partial charge in [-0.2, -0.15) is 5.10 Å². The lowest BCUT2D eigenvalue weighted by atomic mass is 10.1. The van der Waals surface area contributed by atoms with Crippen LogP contribution >= 0.6 is 0 Å². The normalized spacial score (nSPS) is 14.2. The summed E-state index contributed by atoms with van der Waals surface area (Å²) in [7, 11) is 3.56. The van der Waals surface area contributed by atoms with Crippen molar-refractivity contribution < 1.29 is 14.6 Å². The zero-order chi connectivity index (χ0) is 24.2. The lowest BCUT2D eigenvalue weighted by molar-refractivity contribution is 0.104. The van der Waals surface area contributed by atoms with Gasteiger partial charge in [0, 0.05) is 31.7 Å². The monoisotopic (exact) mass is 469 g/mol. The third-order valence-corrected chi connectivity index (χ3v) is 6.43. The van der Waals surface area contributed by atoms with E-state index in [0.29, 0.717) is 25.0 Å². The standard InChI is InChI=1S/C29H31N3O3/c1-31-29(35-25-17-15-24(34-2)16-18-25)26(28(30-31)22-11-7-4-8-12-22)19-32(23-13-14-23)20-27(33)21-9-5-3-6-10-21/h3-12,15-18,23,27,33H,13-14,19-20H2,1-2H3. The second-order valence-corrected chi connectivity index (χ2v) is 8.99. The topological polar surface area (TPSA) is 59.8 Å². The lowest BCUT2D eigenvalue weighted by Gasteiger charge is -2.25. The van der Waals surface area contributed by atoms with Gasteiger partial charge in [0.25, 0.3) is 0 Å². The first-order valence-electron chi connectivity index (χ1n) is 12.0. The summed E-state index contributed by atoms with van der Waals surface area (Å²) in [5.74, 6) is 2.20. The summed E-state index contributed by atoms with van der Waals surface area (Å²) in [6, 6.07) is 28.1. The summed E-state index contributed by atoms with van der Waals surface area (Å²) < 4.78 is 13.5. The molecule has 0 amide bonds. The average Bonchev–Trinajstić information content (AvgIpc) is 3.71. The number of aliphatic hydroxyl groups is 1. The molecule has 1 aromatic heterocycles. The van der Waals surface area contributed by atoms with E-state index in [-0.39, 0.29) is 0 Å². The highest BCUT2D eigenvalue weighted by Crippen LogP contribution is 2.38. The van der Waals surface area contributed by atoms with Crippen LogP contribution in [0.4, 0.5) is 0 Å². The van der Waals surface area contributed by atoms with Crippen molar-refractivity contribution in [1.29, 1.82) is 0 Å². The zero-order valence-electron chi connectivity index (χ0n) is 20.2. The fourth-order valence-electron chi connectivity index (χ4n) is 4.39. The number of hydrogen-bond donors (Lipinski definition) is 1. The van der Waals surface area contributed by atoms with E-state index in [1.807, 2.05) is 79.8 Å². The largest absolute Gasteiger partial charge is 0.497 e. The summed E-state index contributed by atoms with van der Waals surface area (Å²) in [5.41, 5.74) is 3.89. The van der Waals surface area contributed by atoms with Crippen molar-refractivity contribution >= 4 is 0 Å². The van der Waals surface area contributed by atoms with Crippen molar-refractivity contribution in [2.75, 3.05) is 13.7 Å². The molecule has 1 aliphatic carbocycles. The van der Waals surface area contributed by atoms with Crippen LogP contribution in [0.5, 0.6) is 17.4 Å². The number of aromatic nitrogens is 2. The lowest BCUT2D eigenvalue weighted by Crippen LogP contribution is -2.30. The molecule has 0 spiro atoms. The van der Waals surface area contributed by atoms with Crippen molar-refractivity contribution in [2.24, 2.45) is 7.05 Å². The number of ether oxygens (including phenoxy) is 2. The van der Waals surface area contributed by atoms with Crippen LogP contribution in [-0.4, -0.2) is 39.5 Å². The molecular formula is C29H31N3O3. The van der Waals surface area contributed by atoms with Gasteiger partial charge in [0.15, 0.2) is 0 Å². The Morgan fingerprint density at radius 2 is 1.57 bits per heavy atom. The van der Waals surface area contributed by atoms with Crippen LogP contribution < -0.4 is 9.47 Å². The number of aryl methyl sites for hydroxylation is 1. The minimum atomic E-state index is -0.556. The molecule has 5 rings (SSSR count). The Bertz CT molecular complexity index is 1240. The molecule has 1 fully saturated rings. The molecule has 180 valence electrons. The van der Waals surface area contributed by atoms with Crippen molar-refractivity contribution in [3.05, 3.63) is 96.1 Å². The molecule has 6 nitrogen and oxygen atoms in total. The van der Waals surface area contributed by atoms with Crippen LogP contribution in [0.2, 0.25) is 0 Å². The number of benzene rings is 3. The van der Waals surface area contributed by atoms with Crippen LogP contribution in [-0.2, 0) is 13.6 Å². The van der Waals surface area contributed by atoms with Gasteiger partial charge in [-0.1, -0.05) is 60.7 Å². The molecule has 6 heteroatoms. The first-order chi connectivity index (χ1) is 17.1. The van der Waals surface area contributed by atoms with Gasteiger partial charge in [-0.25, -0.2) is 4.68 Å². The van der Waals surface area contributed by atoms with Crippen molar-refractivity contribution in [1.82, 2.24) is 14.7 Å². The van der Waals surface area contributed by atoms with Gasteiger partial charge < -0.3 is 14.6 Å². The van der Waals surface area contributed by atoms with Gasteiger partial charge in [-0.05, 0) is 42.7 Å². The number of nitrogens with zero attached hydrogens (tertiary/aromatic N) is 3. The Hall–Kier alpha value is -3.61. The molecule has 1 N–H and O–H groups in total. The second kappa shape index (κ2) is 10.3. The molecule has 3 aromatic carbocycles. The zero-order valence-corrected chi connectivity index (χ0v) is 20.2. The van der Waals surface area contributed by atoms with E-state index in [1.54, 1.807) is 11.8 Å². The Morgan fingerprint density at radius 1 is 0.943 bits per heavy atom. The number of aliphatic hydroxyl groups excluding tert-OH is 1. The molecule has 1 atom stereocenters. The molecule has 0 radical (unpaired) electrons. The molecule has 0 aliphatic heterocycles. The third kappa shape index (κ3) is 5.39. The van der Waals surface area contributed by atoms with Crippen LogP contribution in [0.1, 0.15) is 30.1 Å². The summed E-state index contributed by atoms with van der Waals surface area (Å²) >= 11 is 0. The van der Waals surface area contributed by atoms with E-state index in [4.69, 9.17) is 14.6 Å². The Labute approximate surface area is 206 Å². The molecule has 1 unspecified atom stereocenters. The Morgan fingerprint density at radius 3 is 2.20 bits per heavy atom. The highest BCUT2D eigenvalue weighted by atomic mass is 16.5. The van der Waals surface area contributed by atoms with Gasteiger partial charge in [0.05, 0.1) is 18.8 Å². The molecule has 4 aromatic rings. The molecular weight excluding hydrogens is 438 g/mol. The summed E-state index contributed by atoms with van der Waals surface area (Å²) in [6.07, 6.45) is 1.72. The van der Waals surface area contributed by atoms with E-state index in [2.05, 4.69) is 17.0 Å². The Kier molecular flexibility index (Phi) is 6.84. The van der Waals surface area contributed by atoms with Crippen LogP contribution in [0.25, 0.3) is 11.3 Å². The van der Waals surface area contributed by atoms with Crippen LogP contribution in [0.15, 0.2) is 84.9 Å². The van der Waals surface area contributed by atoms with Crippen molar-refractivity contribution in [2.45, 2.75) is 31.5 Å². The van der Waals surface area contributed by atoms with Crippen molar-refractivity contribution in [3.63, 3.8) is 0 Å². The SMILES string of the molecule is COc1ccc(Oc2c(CN(CC(O)c3ccccc3)C3CC3)c(-c3ccccc3)nn2C)cc1. The van der Waals surface area contributed by atoms with Gasteiger partial charge in [0.1, 0.15) is 17.2 Å². The first kappa shape index (κ1) is 23.1. The van der Waals surface area contributed by atoms with E-state index in [1.165, 1.54) is 0 Å².